The third-order valence-electron chi connectivity index (χ3n) is 3.94. The smallest absolute Gasteiger partial charge is 0.335 e. The van der Waals surface area contributed by atoms with E-state index in [1.165, 1.54) is 23.5 Å². The van der Waals surface area contributed by atoms with E-state index in [2.05, 4.69) is 4.98 Å². The van der Waals surface area contributed by atoms with E-state index in [9.17, 15) is 18.0 Å². The van der Waals surface area contributed by atoms with Crippen molar-refractivity contribution in [2.45, 2.75) is 44.9 Å². The molecular formula is C17H17F3N2OS. The number of carbonyl (C=O) groups is 1. The summed E-state index contributed by atoms with van der Waals surface area (Å²) in [5, 5.41) is 2.79. The molecule has 128 valence electrons. The minimum Gasteiger partial charge on any atom is -0.335 e. The number of alkyl halides is 3. The van der Waals surface area contributed by atoms with Crippen LogP contribution in [0.1, 0.15) is 34.7 Å². The molecule has 7 heteroatoms. The second-order valence-electron chi connectivity index (χ2n) is 5.98. The van der Waals surface area contributed by atoms with Crippen LogP contribution in [0.5, 0.6) is 0 Å². The number of aromatic nitrogens is 1. The Bertz CT molecular complexity index is 720. The monoisotopic (exact) mass is 354 g/mol. The van der Waals surface area contributed by atoms with Crippen molar-refractivity contribution < 1.29 is 18.0 Å². The van der Waals surface area contributed by atoms with Gasteiger partial charge in [-0.1, -0.05) is 12.1 Å². The number of hydrogen-bond donors (Lipinski definition) is 0. The lowest BCUT2D eigenvalue weighted by molar-refractivity contribution is -0.137. The van der Waals surface area contributed by atoms with E-state index in [-0.39, 0.29) is 18.4 Å². The Hall–Kier alpha value is -1.89. The van der Waals surface area contributed by atoms with Gasteiger partial charge >= 0.3 is 6.18 Å². The van der Waals surface area contributed by atoms with Crippen molar-refractivity contribution in [3.8, 4) is 0 Å². The van der Waals surface area contributed by atoms with Crippen LogP contribution in [0.3, 0.4) is 0 Å². The average Bonchev–Trinajstić information content (AvgIpc) is 3.27. The maximum absolute atomic E-state index is 12.6. The van der Waals surface area contributed by atoms with Crippen LogP contribution in [0, 0.1) is 6.92 Å². The van der Waals surface area contributed by atoms with Gasteiger partial charge in [0, 0.05) is 18.0 Å². The fraction of sp³-hybridized carbons (Fsp3) is 0.412. The molecule has 0 N–H and O–H groups in total. The van der Waals surface area contributed by atoms with Gasteiger partial charge in [-0.25, -0.2) is 4.98 Å². The lowest BCUT2D eigenvalue weighted by atomic mass is 10.1. The molecule has 1 aromatic heterocycles. The van der Waals surface area contributed by atoms with Crippen molar-refractivity contribution in [2.24, 2.45) is 0 Å². The van der Waals surface area contributed by atoms with E-state index in [0.717, 1.165) is 35.7 Å². The number of rotatable bonds is 5. The van der Waals surface area contributed by atoms with Crippen molar-refractivity contribution in [3.63, 3.8) is 0 Å². The Morgan fingerprint density at radius 1 is 1.29 bits per heavy atom. The van der Waals surface area contributed by atoms with Crippen LogP contribution in [0.15, 0.2) is 29.6 Å². The largest absolute Gasteiger partial charge is 0.416 e. The number of amides is 1. The topological polar surface area (TPSA) is 33.2 Å². The molecule has 24 heavy (non-hydrogen) atoms. The van der Waals surface area contributed by atoms with E-state index >= 15 is 0 Å². The molecule has 2 aromatic rings. The van der Waals surface area contributed by atoms with Gasteiger partial charge in [0.05, 0.1) is 22.7 Å². The highest BCUT2D eigenvalue weighted by molar-refractivity contribution is 7.09. The maximum atomic E-state index is 12.6. The van der Waals surface area contributed by atoms with Gasteiger partial charge in [0.25, 0.3) is 0 Å². The molecule has 0 spiro atoms. The van der Waals surface area contributed by atoms with E-state index < -0.39 is 11.7 Å². The highest BCUT2D eigenvalue weighted by atomic mass is 32.1. The van der Waals surface area contributed by atoms with Crippen molar-refractivity contribution in [3.05, 3.63) is 51.5 Å². The summed E-state index contributed by atoms with van der Waals surface area (Å²) in [7, 11) is 0. The van der Waals surface area contributed by atoms with E-state index in [4.69, 9.17) is 0 Å². The zero-order valence-corrected chi connectivity index (χ0v) is 14.0. The molecule has 0 bridgehead atoms. The van der Waals surface area contributed by atoms with Crippen molar-refractivity contribution in [2.75, 3.05) is 0 Å². The van der Waals surface area contributed by atoms with Crippen molar-refractivity contribution >= 4 is 17.2 Å². The summed E-state index contributed by atoms with van der Waals surface area (Å²) in [4.78, 5) is 18.6. The minimum atomic E-state index is -4.34. The molecule has 0 saturated heterocycles. The van der Waals surface area contributed by atoms with E-state index in [1.54, 1.807) is 4.90 Å². The first-order valence-electron chi connectivity index (χ1n) is 7.69. The molecule has 1 fully saturated rings. The molecule has 1 saturated carbocycles. The van der Waals surface area contributed by atoms with Gasteiger partial charge in [-0.2, -0.15) is 13.2 Å². The summed E-state index contributed by atoms with van der Waals surface area (Å²) in [6.45, 7) is 2.23. The molecule has 1 aliphatic carbocycles. The zero-order valence-electron chi connectivity index (χ0n) is 13.1. The Kier molecular flexibility index (Phi) is 4.62. The highest BCUT2D eigenvalue weighted by Crippen LogP contribution is 2.31. The van der Waals surface area contributed by atoms with Crippen LogP contribution in [0.2, 0.25) is 0 Å². The lowest BCUT2D eigenvalue weighted by Gasteiger charge is -2.22. The van der Waals surface area contributed by atoms with Gasteiger partial charge in [-0.3, -0.25) is 4.79 Å². The number of aryl methyl sites for hydroxylation is 1. The van der Waals surface area contributed by atoms with E-state index in [0.29, 0.717) is 12.1 Å². The zero-order chi connectivity index (χ0) is 17.3. The summed E-state index contributed by atoms with van der Waals surface area (Å²) in [6.07, 6.45) is -2.21. The van der Waals surface area contributed by atoms with Gasteiger partial charge in [0.2, 0.25) is 5.91 Å². The van der Waals surface area contributed by atoms with Crippen LogP contribution in [0.4, 0.5) is 13.2 Å². The molecule has 1 heterocycles. The Balaban J connectivity index is 1.69. The predicted octanol–water partition coefficient (Wildman–Crippen LogP) is 4.20. The summed E-state index contributed by atoms with van der Waals surface area (Å²) in [5.74, 6) is -0.0253. The van der Waals surface area contributed by atoms with Gasteiger partial charge in [-0.15, -0.1) is 11.3 Å². The summed E-state index contributed by atoms with van der Waals surface area (Å²) in [5.41, 5.74) is 0.784. The average molecular weight is 354 g/mol. The second-order valence-corrected chi connectivity index (χ2v) is 7.04. The number of hydrogen-bond acceptors (Lipinski definition) is 3. The number of halogens is 3. The molecule has 0 unspecified atom stereocenters. The van der Waals surface area contributed by atoms with Gasteiger partial charge in [0.1, 0.15) is 0 Å². The first kappa shape index (κ1) is 17.0. The van der Waals surface area contributed by atoms with Gasteiger partial charge < -0.3 is 4.90 Å². The highest BCUT2D eigenvalue weighted by Gasteiger charge is 2.33. The van der Waals surface area contributed by atoms with Gasteiger partial charge in [-0.05, 0) is 37.5 Å². The maximum Gasteiger partial charge on any atom is 0.416 e. The van der Waals surface area contributed by atoms with Crippen molar-refractivity contribution in [1.82, 2.24) is 9.88 Å². The van der Waals surface area contributed by atoms with Crippen LogP contribution < -0.4 is 0 Å². The molecular weight excluding hydrogens is 337 g/mol. The van der Waals surface area contributed by atoms with Crippen LogP contribution >= 0.6 is 11.3 Å². The van der Waals surface area contributed by atoms with Crippen molar-refractivity contribution in [1.29, 1.82) is 0 Å². The Morgan fingerprint density at radius 3 is 2.46 bits per heavy atom. The number of thiazole rings is 1. The molecule has 0 radical (unpaired) electrons. The molecule has 0 atom stereocenters. The summed E-state index contributed by atoms with van der Waals surface area (Å²) in [6, 6.07) is 5.21. The van der Waals surface area contributed by atoms with Crippen LogP contribution in [-0.2, 0) is 23.9 Å². The second kappa shape index (κ2) is 6.55. The SMILES string of the molecule is Cc1nc(CC(=O)N(Cc2ccc(C(F)(F)F)cc2)C2CC2)cs1. The molecule has 1 aliphatic rings. The molecule has 1 amide bonds. The lowest BCUT2D eigenvalue weighted by Crippen LogP contribution is -2.33. The molecule has 3 nitrogen and oxygen atoms in total. The minimum absolute atomic E-state index is 0.0253. The van der Waals surface area contributed by atoms with Crippen LogP contribution in [0.25, 0.3) is 0 Å². The fourth-order valence-electron chi connectivity index (χ4n) is 2.55. The number of nitrogens with zero attached hydrogens (tertiary/aromatic N) is 2. The first-order valence-corrected chi connectivity index (χ1v) is 8.57. The third kappa shape index (κ3) is 4.14. The normalized spacial score (nSPS) is 14.7. The Labute approximate surface area is 142 Å². The number of carbonyl (C=O) groups excluding carboxylic acids is 1. The molecule has 3 rings (SSSR count). The predicted molar refractivity (Wildman–Crippen MR) is 85.6 cm³/mol. The van der Waals surface area contributed by atoms with Crippen LogP contribution in [-0.4, -0.2) is 21.8 Å². The number of benzene rings is 1. The fourth-order valence-corrected chi connectivity index (χ4v) is 3.16. The van der Waals surface area contributed by atoms with Gasteiger partial charge in [0.15, 0.2) is 0 Å². The standard InChI is InChI=1S/C17H17F3N2OS/c1-11-21-14(10-24-11)8-16(23)22(15-6-7-15)9-12-2-4-13(5-3-12)17(18,19)20/h2-5,10,15H,6-9H2,1H3. The molecule has 1 aromatic carbocycles. The Morgan fingerprint density at radius 2 is 1.96 bits per heavy atom. The summed E-state index contributed by atoms with van der Waals surface area (Å²) < 4.78 is 37.9. The van der Waals surface area contributed by atoms with E-state index in [1.807, 2.05) is 12.3 Å². The quantitative estimate of drug-likeness (QED) is 0.806. The third-order valence-corrected chi connectivity index (χ3v) is 4.76. The summed E-state index contributed by atoms with van der Waals surface area (Å²) >= 11 is 1.50. The first-order chi connectivity index (χ1) is 11.3. The molecule has 0 aliphatic heterocycles.